The number of benzene rings is 4. The fraction of sp³-hybridized carbons (Fsp3) is 0.373. The zero-order valence-electron chi connectivity index (χ0n) is 66.7. The third kappa shape index (κ3) is 17.1. The molecule has 2 unspecified atom stereocenters. The molecule has 119 heavy (non-hydrogen) atoms. The minimum absolute atomic E-state index is 0.0248. The van der Waals surface area contributed by atoms with Crippen molar-refractivity contribution in [3.05, 3.63) is 224 Å². The molecule has 4 aromatic carbocycles. The van der Waals surface area contributed by atoms with Crippen LogP contribution in [0.3, 0.4) is 0 Å². The lowest BCUT2D eigenvalue weighted by Gasteiger charge is -2.37. The molecule has 16 rings (SSSR count). The zero-order chi connectivity index (χ0) is 84.5. The summed E-state index contributed by atoms with van der Waals surface area (Å²) >= 11 is 0. The van der Waals surface area contributed by atoms with Crippen molar-refractivity contribution in [2.45, 2.75) is 51.6 Å². The number of aromatic nitrogens is 7. The van der Waals surface area contributed by atoms with E-state index in [1.165, 1.54) is 43.9 Å². The number of amides is 5. The SMILES string of the molecule is CCOC(=O)c1c(N2CCN(C(=O)c3ccccn3)CC2)c2ccccc2n(C)c1=O.CCOC(=O)c1c(N2CCN(C(=O)c3cnccn3)CC2)c2ccccc2n(C)c1=O.Cn1c(=O)c([N+](=O)[O-])c(N2CCN(C(=O)C3CCC(=O)N3)CC2)c2ccccc21.Cn1c(=O)c([N+](=O)[O-])c(N2CCN(C(=O)C3CCCN3)CC2)c2ccccc21. The molecule has 0 spiro atoms. The van der Waals surface area contributed by atoms with E-state index in [0.29, 0.717) is 174 Å². The topological polar surface area (TPSA) is 401 Å². The van der Waals surface area contributed by atoms with Crippen molar-refractivity contribution in [1.29, 1.82) is 0 Å². The van der Waals surface area contributed by atoms with Gasteiger partial charge in [0.1, 0.15) is 39.9 Å². The van der Waals surface area contributed by atoms with Crippen LogP contribution < -0.4 is 52.5 Å². The van der Waals surface area contributed by atoms with Crippen molar-refractivity contribution in [2.24, 2.45) is 28.2 Å². The molecule has 36 nitrogen and oxygen atoms in total. The number of rotatable bonds is 14. The molecule has 0 bridgehead atoms. The lowest BCUT2D eigenvalue weighted by atomic mass is 10.1. The molecule has 10 aromatic rings. The molecule has 2 N–H and O–H groups in total. The van der Waals surface area contributed by atoms with E-state index in [4.69, 9.17) is 9.47 Å². The largest absolute Gasteiger partial charge is 0.462 e. The summed E-state index contributed by atoms with van der Waals surface area (Å²) in [5, 5.41) is 32.2. The maximum atomic E-state index is 13.1. The number of para-hydroxylation sites is 4. The predicted octanol–water partition coefficient (Wildman–Crippen LogP) is 4.76. The van der Waals surface area contributed by atoms with Gasteiger partial charge in [-0.15, -0.1) is 0 Å². The Balaban J connectivity index is 0.000000137. The molecule has 6 fully saturated rings. The summed E-state index contributed by atoms with van der Waals surface area (Å²) < 4.78 is 16.0. The van der Waals surface area contributed by atoms with Gasteiger partial charge in [-0.2, -0.15) is 0 Å². The number of carbonyl (C=O) groups excluding carboxylic acids is 7. The van der Waals surface area contributed by atoms with Crippen molar-refractivity contribution in [2.75, 3.05) is 144 Å². The van der Waals surface area contributed by atoms with E-state index in [1.807, 2.05) is 80.3 Å². The van der Waals surface area contributed by atoms with Gasteiger partial charge < -0.3 is 77.6 Å². The van der Waals surface area contributed by atoms with E-state index in [9.17, 15) is 73.0 Å². The number of ether oxygens (including phenoxy) is 2. The highest BCUT2D eigenvalue weighted by Gasteiger charge is 2.39. The molecule has 36 heteroatoms. The third-order valence-electron chi connectivity index (χ3n) is 22.3. The number of nitro groups is 2. The fourth-order valence-electron chi connectivity index (χ4n) is 16.2. The van der Waals surface area contributed by atoms with Crippen LogP contribution in [0.1, 0.15) is 81.2 Å². The van der Waals surface area contributed by atoms with Crippen molar-refractivity contribution >= 4 is 119 Å². The average molecular weight is 1630 g/mol. The third-order valence-corrected chi connectivity index (χ3v) is 22.3. The van der Waals surface area contributed by atoms with E-state index < -0.39 is 55.9 Å². The Bertz CT molecular complexity index is 5650. The highest BCUT2D eigenvalue weighted by atomic mass is 16.6. The molecule has 0 radical (unpaired) electrons. The molecule has 0 aliphatic carbocycles. The number of pyridine rings is 5. The predicted molar refractivity (Wildman–Crippen MR) is 444 cm³/mol. The molecule has 6 aromatic heterocycles. The highest BCUT2D eigenvalue weighted by molar-refractivity contribution is 6.07. The smallest absolute Gasteiger partial charge is 0.357 e. The molecule has 0 saturated carbocycles. The van der Waals surface area contributed by atoms with Crippen molar-refractivity contribution in [3.63, 3.8) is 0 Å². The van der Waals surface area contributed by atoms with Crippen LogP contribution in [0, 0.1) is 20.2 Å². The van der Waals surface area contributed by atoms with Crippen LogP contribution in [-0.4, -0.2) is 241 Å². The van der Waals surface area contributed by atoms with Gasteiger partial charge in [-0.25, -0.2) is 14.6 Å². The van der Waals surface area contributed by atoms with Gasteiger partial charge in [0.05, 0.1) is 68.7 Å². The quantitative estimate of drug-likeness (QED) is 0.0841. The first-order chi connectivity index (χ1) is 57.4. The summed E-state index contributed by atoms with van der Waals surface area (Å²) in [4.78, 5) is 188. The minimum atomic E-state index is -0.657. The van der Waals surface area contributed by atoms with Gasteiger partial charge in [0.2, 0.25) is 17.7 Å². The van der Waals surface area contributed by atoms with Crippen LogP contribution in [0.25, 0.3) is 43.6 Å². The molecule has 2 atom stereocenters. The van der Waals surface area contributed by atoms with Gasteiger partial charge in [0.25, 0.3) is 22.9 Å². The summed E-state index contributed by atoms with van der Waals surface area (Å²) in [6.45, 7) is 11.7. The summed E-state index contributed by atoms with van der Waals surface area (Å²) in [6.07, 6.45) is 8.74. The Labute approximate surface area is 680 Å². The van der Waals surface area contributed by atoms with Crippen LogP contribution in [0.15, 0.2) is 159 Å². The van der Waals surface area contributed by atoms with E-state index in [-0.39, 0.29) is 65.5 Å². The Hall–Kier alpha value is -13.8. The van der Waals surface area contributed by atoms with E-state index >= 15 is 0 Å². The van der Waals surface area contributed by atoms with Gasteiger partial charge in [0.15, 0.2) is 0 Å². The number of carbonyl (C=O) groups is 7. The first kappa shape index (κ1) is 83.2. The van der Waals surface area contributed by atoms with Gasteiger partial charge in [0, 0.05) is 179 Å². The van der Waals surface area contributed by atoms with Crippen LogP contribution >= 0.6 is 0 Å². The van der Waals surface area contributed by atoms with E-state index in [2.05, 4.69) is 25.6 Å². The molecular formula is C83H91N19O17. The van der Waals surface area contributed by atoms with Crippen LogP contribution in [0.2, 0.25) is 0 Å². The standard InChI is InChI=1S/C23H24N4O4.C22H23N5O4.C19H21N5O5.C19H23N5O4/c1-3-31-23(30)19-20(16-8-4-5-10-18(16)25(2)22(19)29)26-12-14-27(15-13-26)21(28)17-9-6-7-11-24-17;1-3-31-22(30)18-19(15-6-4-5-7-17(15)25(2)21(18)29)26-10-12-27(13-11-26)20(28)16-14-23-8-9-24-16;1-21-14-5-3-2-4-12(14)16(17(19(21)27)24(28)29)22-8-10-23(11-9-22)18(26)13-6-7-15(25)20-13;1-21-15-7-3-2-5-13(15)16(17(19(21)26)24(27)28)22-9-11-23(12-10-22)18(25)14-6-4-8-20-14/h4-11H,3,12-15H2,1-2H3;4-9,14H,3,10-13H2,1-2H3;2-5,13H,6-11H2,1H3,(H,20,25);2-3,5,7,14,20H,4,6,8-12H2,1H3. The van der Waals surface area contributed by atoms with Gasteiger partial charge in [-0.3, -0.25) is 73.3 Å². The second kappa shape index (κ2) is 36.6. The number of hydrogen-bond acceptors (Lipinski definition) is 25. The van der Waals surface area contributed by atoms with Gasteiger partial charge >= 0.3 is 34.4 Å². The molecular weight excluding hydrogens is 1540 g/mol. The maximum Gasteiger partial charge on any atom is 0.357 e. The first-order valence-electron chi connectivity index (χ1n) is 39.4. The maximum absolute atomic E-state index is 13.1. The number of hydrogen-bond donors (Lipinski definition) is 2. The Morgan fingerprint density at radius 1 is 0.429 bits per heavy atom. The number of piperazine rings is 4. The molecule has 620 valence electrons. The Kier molecular flexibility index (Phi) is 25.6. The fourth-order valence-corrected chi connectivity index (χ4v) is 16.2. The number of esters is 2. The highest BCUT2D eigenvalue weighted by Crippen LogP contribution is 2.38. The summed E-state index contributed by atoms with van der Waals surface area (Å²) in [7, 11) is 6.37. The van der Waals surface area contributed by atoms with Crippen molar-refractivity contribution in [3.8, 4) is 0 Å². The van der Waals surface area contributed by atoms with Crippen LogP contribution in [0.4, 0.5) is 34.1 Å². The summed E-state index contributed by atoms with van der Waals surface area (Å²) in [5.74, 6) is -1.73. The zero-order valence-corrected chi connectivity index (χ0v) is 66.7. The molecule has 5 amide bonds. The second-order valence-corrected chi connectivity index (χ2v) is 29.1. The lowest BCUT2D eigenvalue weighted by molar-refractivity contribution is -0.385. The van der Waals surface area contributed by atoms with Gasteiger partial charge in [-0.05, 0) is 76.1 Å². The van der Waals surface area contributed by atoms with E-state index in [0.717, 1.165) is 41.2 Å². The van der Waals surface area contributed by atoms with Crippen molar-refractivity contribution < 1.29 is 52.9 Å². The number of nitrogens with one attached hydrogen (secondary N) is 2. The number of nitrogens with zero attached hydrogens (tertiary/aromatic N) is 17. The molecule has 6 saturated heterocycles. The first-order valence-corrected chi connectivity index (χ1v) is 39.4. The Morgan fingerprint density at radius 2 is 0.790 bits per heavy atom. The average Bonchev–Trinajstić information content (AvgIpc) is 0.967. The summed E-state index contributed by atoms with van der Waals surface area (Å²) in [6, 6.07) is 33.9. The number of fused-ring (bicyclic) bond motifs is 4. The lowest BCUT2D eigenvalue weighted by Crippen LogP contribution is -2.53. The van der Waals surface area contributed by atoms with E-state index in [1.54, 1.807) is 115 Å². The summed E-state index contributed by atoms with van der Waals surface area (Å²) in [5.41, 5.74) is 2.37. The normalized spacial score (nSPS) is 16.7. The van der Waals surface area contributed by atoms with Crippen molar-refractivity contribution in [1.82, 2.24) is 63.5 Å². The second-order valence-electron chi connectivity index (χ2n) is 29.1. The number of aryl methyl sites for hydroxylation is 4. The molecule has 12 heterocycles. The van der Waals surface area contributed by atoms with Crippen LogP contribution in [0.5, 0.6) is 0 Å². The minimum Gasteiger partial charge on any atom is -0.462 e. The number of anilines is 4. The monoisotopic (exact) mass is 1630 g/mol. The van der Waals surface area contributed by atoms with Crippen LogP contribution in [-0.2, 0) is 52.0 Å². The molecule has 6 aliphatic rings. The molecule has 6 aliphatic heterocycles. The van der Waals surface area contributed by atoms with Gasteiger partial charge in [-0.1, -0.05) is 78.9 Å². The Morgan fingerprint density at radius 3 is 1.14 bits per heavy atom.